The molecule has 1 fully saturated rings. The molecule has 2 aromatic rings. The Kier molecular flexibility index (Phi) is 5.02. The van der Waals surface area contributed by atoms with Gasteiger partial charge in [0.15, 0.2) is 0 Å². The second-order valence-electron chi connectivity index (χ2n) is 7.04. The van der Waals surface area contributed by atoms with Crippen LogP contribution in [0.5, 0.6) is 0 Å². The Morgan fingerprint density at radius 2 is 1.88 bits per heavy atom. The highest BCUT2D eigenvalue weighted by Gasteiger charge is 2.41. The van der Waals surface area contributed by atoms with Crippen molar-refractivity contribution in [1.29, 1.82) is 0 Å². The SMILES string of the molecule is Cc1ncc(C(=O)N2C[C@H](C(=O)O)[C@H](c3ccccc3)C2)c(C(C)C)n1. The predicted octanol–water partition coefficient (Wildman–Crippen LogP) is 2.85. The van der Waals surface area contributed by atoms with Crippen LogP contribution >= 0.6 is 0 Å². The molecule has 6 heteroatoms. The third-order valence-corrected chi connectivity index (χ3v) is 4.87. The van der Waals surface area contributed by atoms with Gasteiger partial charge in [-0.25, -0.2) is 9.97 Å². The first-order chi connectivity index (χ1) is 12.4. The Bertz CT molecular complexity index is 820. The average molecular weight is 353 g/mol. The van der Waals surface area contributed by atoms with Crippen molar-refractivity contribution in [3.63, 3.8) is 0 Å². The van der Waals surface area contributed by atoms with E-state index < -0.39 is 11.9 Å². The van der Waals surface area contributed by atoms with Crippen LogP contribution in [0.25, 0.3) is 0 Å². The summed E-state index contributed by atoms with van der Waals surface area (Å²) in [4.78, 5) is 35.0. The van der Waals surface area contributed by atoms with E-state index in [1.807, 2.05) is 44.2 Å². The molecule has 1 amide bonds. The molecule has 2 heterocycles. The predicted molar refractivity (Wildman–Crippen MR) is 97.1 cm³/mol. The van der Waals surface area contributed by atoms with Gasteiger partial charge in [0.1, 0.15) is 5.82 Å². The first kappa shape index (κ1) is 18.0. The van der Waals surface area contributed by atoms with E-state index in [9.17, 15) is 14.7 Å². The van der Waals surface area contributed by atoms with Crippen molar-refractivity contribution >= 4 is 11.9 Å². The summed E-state index contributed by atoms with van der Waals surface area (Å²) in [5.41, 5.74) is 2.11. The van der Waals surface area contributed by atoms with Crippen LogP contribution in [0.2, 0.25) is 0 Å². The Balaban J connectivity index is 1.91. The number of amides is 1. The van der Waals surface area contributed by atoms with Gasteiger partial charge in [-0.15, -0.1) is 0 Å². The molecule has 0 radical (unpaired) electrons. The number of rotatable bonds is 4. The number of carboxylic acids is 1. The molecule has 1 saturated heterocycles. The topological polar surface area (TPSA) is 83.4 Å². The van der Waals surface area contributed by atoms with Gasteiger partial charge in [-0.2, -0.15) is 0 Å². The fourth-order valence-electron chi connectivity index (χ4n) is 3.52. The van der Waals surface area contributed by atoms with Crippen LogP contribution in [0.1, 0.15) is 53.1 Å². The number of carbonyl (C=O) groups is 2. The summed E-state index contributed by atoms with van der Waals surface area (Å²) in [6.45, 7) is 6.33. The monoisotopic (exact) mass is 353 g/mol. The standard InChI is InChI=1S/C20H23N3O3/c1-12(2)18-15(9-21-13(3)22-18)19(24)23-10-16(17(11-23)20(25)26)14-7-5-4-6-8-14/h4-9,12,16-17H,10-11H2,1-3H3,(H,25,26)/t16-,17-/m0/s1. The van der Waals surface area contributed by atoms with Crippen molar-refractivity contribution in [1.82, 2.24) is 14.9 Å². The second-order valence-corrected chi connectivity index (χ2v) is 7.04. The van der Waals surface area contributed by atoms with Crippen molar-refractivity contribution in [2.45, 2.75) is 32.6 Å². The van der Waals surface area contributed by atoms with E-state index in [0.29, 0.717) is 23.6 Å². The highest BCUT2D eigenvalue weighted by molar-refractivity contribution is 5.96. The molecule has 2 atom stereocenters. The van der Waals surface area contributed by atoms with Crippen LogP contribution in [0.15, 0.2) is 36.5 Å². The number of benzene rings is 1. The van der Waals surface area contributed by atoms with Crippen LogP contribution in [-0.4, -0.2) is 44.9 Å². The van der Waals surface area contributed by atoms with E-state index >= 15 is 0 Å². The van der Waals surface area contributed by atoms with Gasteiger partial charge >= 0.3 is 5.97 Å². The average Bonchev–Trinajstić information content (AvgIpc) is 3.07. The highest BCUT2D eigenvalue weighted by Crippen LogP contribution is 2.34. The van der Waals surface area contributed by atoms with Crippen molar-refractivity contribution < 1.29 is 14.7 Å². The summed E-state index contributed by atoms with van der Waals surface area (Å²) in [5, 5.41) is 9.63. The van der Waals surface area contributed by atoms with Crippen molar-refractivity contribution in [3.05, 3.63) is 59.2 Å². The Morgan fingerprint density at radius 1 is 1.19 bits per heavy atom. The molecule has 3 rings (SSSR count). The van der Waals surface area contributed by atoms with E-state index in [2.05, 4.69) is 9.97 Å². The van der Waals surface area contributed by atoms with Gasteiger partial charge in [0, 0.05) is 25.2 Å². The van der Waals surface area contributed by atoms with Crippen molar-refractivity contribution in [3.8, 4) is 0 Å². The summed E-state index contributed by atoms with van der Waals surface area (Å²) in [6, 6.07) is 9.52. The molecule has 1 N–H and O–H groups in total. The third-order valence-electron chi connectivity index (χ3n) is 4.87. The molecular weight excluding hydrogens is 330 g/mol. The maximum atomic E-state index is 13.1. The van der Waals surface area contributed by atoms with E-state index in [-0.39, 0.29) is 24.3 Å². The first-order valence-corrected chi connectivity index (χ1v) is 8.79. The first-order valence-electron chi connectivity index (χ1n) is 8.79. The molecule has 0 bridgehead atoms. The lowest BCUT2D eigenvalue weighted by Crippen LogP contribution is -2.31. The van der Waals surface area contributed by atoms with Gasteiger partial charge in [-0.1, -0.05) is 44.2 Å². The zero-order chi connectivity index (χ0) is 18.8. The number of aromatic nitrogens is 2. The Labute approximate surface area is 152 Å². The quantitative estimate of drug-likeness (QED) is 0.914. The summed E-state index contributed by atoms with van der Waals surface area (Å²) in [6.07, 6.45) is 1.56. The molecule has 1 aromatic carbocycles. The van der Waals surface area contributed by atoms with Crippen LogP contribution in [0.3, 0.4) is 0 Å². The van der Waals surface area contributed by atoms with Gasteiger partial charge in [0.2, 0.25) is 0 Å². The van der Waals surface area contributed by atoms with Crippen LogP contribution in [-0.2, 0) is 4.79 Å². The lowest BCUT2D eigenvalue weighted by atomic mass is 9.89. The number of likely N-dealkylation sites (tertiary alicyclic amines) is 1. The zero-order valence-electron chi connectivity index (χ0n) is 15.2. The van der Waals surface area contributed by atoms with E-state index in [4.69, 9.17) is 0 Å². The molecule has 0 saturated carbocycles. The molecule has 1 aliphatic rings. The third kappa shape index (κ3) is 3.45. The fraction of sp³-hybridized carbons (Fsp3) is 0.400. The summed E-state index contributed by atoms with van der Waals surface area (Å²) < 4.78 is 0. The lowest BCUT2D eigenvalue weighted by Gasteiger charge is -2.19. The summed E-state index contributed by atoms with van der Waals surface area (Å²) >= 11 is 0. The van der Waals surface area contributed by atoms with Crippen LogP contribution < -0.4 is 0 Å². The van der Waals surface area contributed by atoms with Crippen LogP contribution in [0.4, 0.5) is 0 Å². The lowest BCUT2D eigenvalue weighted by molar-refractivity contribution is -0.141. The molecule has 6 nitrogen and oxygen atoms in total. The normalized spacial score (nSPS) is 19.8. The van der Waals surface area contributed by atoms with E-state index in [1.54, 1.807) is 18.0 Å². The fourth-order valence-corrected chi connectivity index (χ4v) is 3.52. The number of aliphatic carboxylic acids is 1. The van der Waals surface area contributed by atoms with Crippen molar-refractivity contribution in [2.75, 3.05) is 13.1 Å². The zero-order valence-corrected chi connectivity index (χ0v) is 15.2. The largest absolute Gasteiger partial charge is 0.481 e. The molecule has 26 heavy (non-hydrogen) atoms. The minimum atomic E-state index is -0.876. The van der Waals surface area contributed by atoms with E-state index in [1.165, 1.54) is 0 Å². The van der Waals surface area contributed by atoms with Crippen LogP contribution in [0, 0.1) is 12.8 Å². The molecule has 0 aliphatic carbocycles. The van der Waals surface area contributed by atoms with Gasteiger partial charge in [-0.3, -0.25) is 9.59 Å². The number of nitrogens with zero attached hydrogens (tertiary/aromatic N) is 3. The number of aryl methyl sites for hydroxylation is 1. The van der Waals surface area contributed by atoms with Crippen molar-refractivity contribution in [2.24, 2.45) is 5.92 Å². The minimum absolute atomic E-state index is 0.0819. The van der Waals surface area contributed by atoms with E-state index in [0.717, 1.165) is 5.56 Å². The number of carboxylic acid groups (broad SMARTS) is 1. The number of hydrogen-bond donors (Lipinski definition) is 1. The van der Waals surface area contributed by atoms with Gasteiger partial charge < -0.3 is 10.0 Å². The molecule has 0 unspecified atom stereocenters. The van der Waals surface area contributed by atoms with Gasteiger partial charge in [0.05, 0.1) is 17.2 Å². The minimum Gasteiger partial charge on any atom is -0.481 e. The second kappa shape index (κ2) is 7.23. The number of hydrogen-bond acceptors (Lipinski definition) is 4. The molecule has 136 valence electrons. The van der Waals surface area contributed by atoms with Gasteiger partial charge in [-0.05, 0) is 18.4 Å². The summed E-state index contributed by atoms with van der Waals surface area (Å²) in [7, 11) is 0. The Morgan fingerprint density at radius 3 is 2.50 bits per heavy atom. The highest BCUT2D eigenvalue weighted by atomic mass is 16.4. The Hall–Kier alpha value is -2.76. The maximum absolute atomic E-state index is 13.1. The molecule has 0 spiro atoms. The number of carbonyl (C=O) groups excluding carboxylic acids is 1. The molecular formula is C20H23N3O3. The molecule has 1 aliphatic heterocycles. The maximum Gasteiger partial charge on any atom is 0.308 e. The summed E-state index contributed by atoms with van der Waals surface area (Å²) in [5.74, 6) is -1.20. The molecule has 1 aromatic heterocycles. The smallest absolute Gasteiger partial charge is 0.308 e. The van der Waals surface area contributed by atoms with Gasteiger partial charge in [0.25, 0.3) is 5.91 Å².